The standard InChI is InChI=1S/C19H18F2N4O4S2/c1-10-7-15(25-29-10)23-17(27)11(2)30-9-16(26)24-19-22-13(8-31-19)12-5-3-4-6-14(12)28-18(20)21/h3-8,11,18H,9H2,1-2H3,(H,22,24,26)(H,23,25,27). The van der Waals surface area contributed by atoms with Crippen molar-refractivity contribution in [2.45, 2.75) is 25.7 Å². The van der Waals surface area contributed by atoms with Gasteiger partial charge in [-0.15, -0.1) is 23.1 Å². The van der Waals surface area contributed by atoms with Crippen LogP contribution in [-0.4, -0.2) is 39.6 Å². The molecule has 31 heavy (non-hydrogen) atoms. The van der Waals surface area contributed by atoms with Crippen molar-refractivity contribution in [1.29, 1.82) is 0 Å². The number of anilines is 2. The summed E-state index contributed by atoms with van der Waals surface area (Å²) in [5.41, 5.74) is 0.794. The van der Waals surface area contributed by atoms with Gasteiger partial charge in [0.1, 0.15) is 11.5 Å². The lowest BCUT2D eigenvalue weighted by Crippen LogP contribution is -2.25. The molecule has 2 heterocycles. The number of hydrogen-bond acceptors (Lipinski definition) is 8. The first kappa shape index (κ1) is 22.7. The molecule has 0 aliphatic rings. The smallest absolute Gasteiger partial charge is 0.387 e. The highest BCUT2D eigenvalue weighted by Crippen LogP contribution is 2.33. The molecule has 2 amide bonds. The molecule has 8 nitrogen and oxygen atoms in total. The Kier molecular flexibility index (Phi) is 7.58. The number of rotatable bonds is 9. The third kappa shape index (κ3) is 6.49. The van der Waals surface area contributed by atoms with Gasteiger partial charge in [0.25, 0.3) is 0 Å². The third-order valence-electron chi connectivity index (χ3n) is 3.84. The fourth-order valence-electron chi connectivity index (χ4n) is 2.42. The minimum atomic E-state index is -2.96. The molecule has 0 radical (unpaired) electrons. The second-order valence-corrected chi connectivity index (χ2v) is 8.41. The molecule has 1 atom stereocenters. The summed E-state index contributed by atoms with van der Waals surface area (Å²) >= 11 is 2.29. The van der Waals surface area contributed by atoms with Crippen molar-refractivity contribution in [3.8, 4) is 17.0 Å². The molecule has 0 aliphatic carbocycles. The summed E-state index contributed by atoms with van der Waals surface area (Å²) in [5, 5.41) is 10.4. The van der Waals surface area contributed by atoms with Gasteiger partial charge in [0.2, 0.25) is 11.8 Å². The van der Waals surface area contributed by atoms with E-state index in [1.165, 1.54) is 6.07 Å². The van der Waals surface area contributed by atoms with E-state index in [1.54, 1.807) is 43.5 Å². The lowest BCUT2D eigenvalue weighted by Gasteiger charge is -2.10. The maximum atomic E-state index is 12.6. The normalized spacial score (nSPS) is 11.9. The summed E-state index contributed by atoms with van der Waals surface area (Å²) in [6, 6.07) is 7.86. The summed E-state index contributed by atoms with van der Waals surface area (Å²) in [4.78, 5) is 28.6. The largest absolute Gasteiger partial charge is 0.434 e. The Morgan fingerprint density at radius 1 is 1.29 bits per heavy atom. The van der Waals surface area contributed by atoms with Gasteiger partial charge in [-0.1, -0.05) is 17.3 Å². The lowest BCUT2D eigenvalue weighted by molar-refractivity contribution is -0.115. The Balaban J connectivity index is 1.53. The average molecular weight is 469 g/mol. The van der Waals surface area contributed by atoms with E-state index in [-0.39, 0.29) is 23.3 Å². The minimum Gasteiger partial charge on any atom is -0.434 e. The number of aryl methyl sites for hydroxylation is 1. The molecular weight excluding hydrogens is 450 g/mol. The van der Waals surface area contributed by atoms with Crippen LogP contribution < -0.4 is 15.4 Å². The van der Waals surface area contributed by atoms with Crippen molar-refractivity contribution in [3.05, 3.63) is 41.5 Å². The number of thioether (sulfide) groups is 1. The van der Waals surface area contributed by atoms with E-state index < -0.39 is 11.9 Å². The van der Waals surface area contributed by atoms with Gasteiger partial charge < -0.3 is 19.9 Å². The maximum absolute atomic E-state index is 12.6. The van der Waals surface area contributed by atoms with Crippen LogP contribution in [-0.2, 0) is 9.59 Å². The fourth-order valence-corrected chi connectivity index (χ4v) is 3.83. The zero-order valence-corrected chi connectivity index (χ0v) is 18.1. The van der Waals surface area contributed by atoms with E-state index in [9.17, 15) is 18.4 Å². The van der Waals surface area contributed by atoms with E-state index >= 15 is 0 Å². The number of benzene rings is 1. The van der Waals surface area contributed by atoms with Crippen molar-refractivity contribution >= 4 is 45.9 Å². The number of halogens is 2. The number of aromatic nitrogens is 2. The van der Waals surface area contributed by atoms with Crippen LogP contribution in [0, 0.1) is 6.92 Å². The Morgan fingerprint density at radius 3 is 2.77 bits per heavy atom. The molecule has 0 spiro atoms. The van der Waals surface area contributed by atoms with Gasteiger partial charge in [0, 0.05) is 17.0 Å². The molecule has 3 aromatic rings. The van der Waals surface area contributed by atoms with Gasteiger partial charge in [-0.05, 0) is 26.0 Å². The first-order chi connectivity index (χ1) is 14.8. The summed E-state index contributed by atoms with van der Waals surface area (Å²) in [7, 11) is 0. The molecule has 1 aromatic carbocycles. The fraction of sp³-hybridized carbons (Fsp3) is 0.263. The molecule has 0 bridgehead atoms. The SMILES string of the molecule is Cc1cc(NC(=O)C(C)SCC(=O)Nc2nc(-c3ccccc3OC(F)F)cs2)no1. The van der Waals surface area contributed by atoms with Gasteiger partial charge in [0.15, 0.2) is 10.9 Å². The van der Waals surface area contributed by atoms with Crippen LogP contribution in [0.15, 0.2) is 40.2 Å². The first-order valence-corrected chi connectivity index (χ1v) is 10.9. The number of nitrogens with one attached hydrogen (secondary N) is 2. The van der Waals surface area contributed by atoms with Gasteiger partial charge >= 0.3 is 6.61 Å². The van der Waals surface area contributed by atoms with Gasteiger partial charge in [-0.3, -0.25) is 9.59 Å². The number of hydrogen-bond donors (Lipinski definition) is 2. The van der Waals surface area contributed by atoms with Gasteiger partial charge in [0.05, 0.1) is 16.7 Å². The summed E-state index contributed by atoms with van der Waals surface area (Å²) in [6.07, 6.45) is 0. The summed E-state index contributed by atoms with van der Waals surface area (Å²) in [5.74, 6) is 0.246. The Hall–Kier alpha value is -2.99. The third-order valence-corrected chi connectivity index (χ3v) is 5.74. The highest BCUT2D eigenvalue weighted by Gasteiger charge is 2.18. The molecule has 3 rings (SSSR count). The predicted octanol–water partition coefficient (Wildman–Crippen LogP) is 4.41. The van der Waals surface area contributed by atoms with Gasteiger partial charge in [-0.25, -0.2) is 4.98 Å². The van der Waals surface area contributed by atoms with Crippen molar-refractivity contribution in [2.75, 3.05) is 16.4 Å². The van der Waals surface area contributed by atoms with E-state index in [4.69, 9.17) is 4.52 Å². The van der Waals surface area contributed by atoms with Crippen LogP contribution in [0.1, 0.15) is 12.7 Å². The molecule has 0 fully saturated rings. The molecular formula is C19H18F2N4O4S2. The summed E-state index contributed by atoms with van der Waals surface area (Å²) < 4.78 is 34.6. The van der Waals surface area contributed by atoms with Gasteiger partial charge in [-0.2, -0.15) is 8.78 Å². The van der Waals surface area contributed by atoms with Crippen LogP contribution in [0.5, 0.6) is 5.75 Å². The van der Waals surface area contributed by atoms with E-state index in [0.29, 0.717) is 28.0 Å². The Labute approximate surface area is 184 Å². The van der Waals surface area contributed by atoms with Crippen molar-refractivity contribution < 1.29 is 27.6 Å². The first-order valence-electron chi connectivity index (χ1n) is 8.97. The number of carbonyl (C=O) groups is 2. The molecule has 0 saturated heterocycles. The van der Waals surface area contributed by atoms with Crippen LogP contribution in [0.25, 0.3) is 11.3 Å². The molecule has 0 saturated carbocycles. The number of nitrogens with zero attached hydrogens (tertiary/aromatic N) is 2. The number of carbonyl (C=O) groups excluding carboxylic acids is 2. The zero-order chi connectivity index (χ0) is 22.4. The minimum absolute atomic E-state index is 0.00150. The Morgan fingerprint density at radius 2 is 2.06 bits per heavy atom. The summed E-state index contributed by atoms with van der Waals surface area (Å²) in [6.45, 7) is 0.421. The predicted molar refractivity (Wildman–Crippen MR) is 115 cm³/mol. The number of alkyl halides is 2. The second kappa shape index (κ2) is 10.4. The zero-order valence-electron chi connectivity index (χ0n) is 16.4. The highest BCUT2D eigenvalue weighted by atomic mass is 32.2. The van der Waals surface area contributed by atoms with Crippen LogP contribution in [0.3, 0.4) is 0 Å². The van der Waals surface area contributed by atoms with Crippen molar-refractivity contribution in [2.24, 2.45) is 0 Å². The number of para-hydroxylation sites is 1. The quantitative estimate of drug-likeness (QED) is 0.479. The van der Waals surface area contributed by atoms with Crippen LogP contribution in [0.2, 0.25) is 0 Å². The van der Waals surface area contributed by atoms with E-state index in [1.807, 2.05) is 0 Å². The molecule has 2 N–H and O–H groups in total. The molecule has 2 aromatic heterocycles. The molecule has 164 valence electrons. The monoisotopic (exact) mass is 468 g/mol. The highest BCUT2D eigenvalue weighted by molar-refractivity contribution is 8.01. The Bertz CT molecular complexity index is 1060. The molecule has 12 heteroatoms. The van der Waals surface area contributed by atoms with E-state index in [0.717, 1.165) is 23.1 Å². The van der Waals surface area contributed by atoms with Crippen LogP contribution in [0.4, 0.5) is 19.7 Å². The van der Waals surface area contributed by atoms with Crippen LogP contribution >= 0.6 is 23.1 Å². The molecule has 0 aliphatic heterocycles. The van der Waals surface area contributed by atoms with Crippen molar-refractivity contribution in [3.63, 3.8) is 0 Å². The topological polar surface area (TPSA) is 106 Å². The second-order valence-electron chi connectivity index (χ2n) is 6.23. The average Bonchev–Trinajstić information content (AvgIpc) is 3.35. The van der Waals surface area contributed by atoms with E-state index in [2.05, 4.69) is 25.5 Å². The lowest BCUT2D eigenvalue weighted by atomic mass is 10.1. The molecule has 1 unspecified atom stereocenters. The maximum Gasteiger partial charge on any atom is 0.387 e. The number of ether oxygens (including phenoxy) is 1. The van der Waals surface area contributed by atoms with Crippen molar-refractivity contribution in [1.82, 2.24) is 10.1 Å². The number of thiazole rings is 1. The number of amides is 2.